The number of amides is 1. The van der Waals surface area contributed by atoms with Gasteiger partial charge in [0.1, 0.15) is 0 Å². The Morgan fingerprint density at radius 3 is 2.50 bits per heavy atom. The van der Waals surface area contributed by atoms with E-state index in [9.17, 15) is 13.2 Å². The van der Waals surface area contributed by atoms with Crippen molar-refractivity contribution in [1.29, 1.82) is 0 Å². The van der Waals surface area contributed by atoms with Gasteiger partial charge in [-0.1, -0.05) is 25.4 Å². The standard InChI is InChI=1S/C12H14BrCl2NO3S/c1-7(2)3-4-16-12(17)9-5-8(20(15,18)19)6-10(13)11(9)14/h5-7H,3-4H2,1-2H3,(H,16,17). The molecule has 0 saturated heterocycles. The number of nitrogens with one attached hydrogen (secondary N) is 1. The van der Waals surface area contributed by atoms with Crippen molar-refractivity contribution >= 4 is 53.2 Å². The normalized spacial score (nSPS) is 11.7. The molecule has 1 aromatic carbocycles. The maximum atomic E-state index is 12.0. The van der Waals surface area contributed by atoms with Crippen molar-refractivity contribution in [2.24, 2.45) is 5.92 Å². The van der Waals surface area contributed by atoms with Crippen LogP contribution in [0.4, 0.5) is 0 Å². The third-order valence-electron chi connectivity index (χ3n) is 2.54. The minimum atomic E-state index is -3.93. The molecule has 0 aromatic heterocycles. The summed E-state index contributed by atoms with van der Waals surface area (Å²) < 4.78 is 23.0. The fourth-order valence-corrected chi connectivity index (χ4v) is 3.03. The first-order valence-corrected chi connectivity index (χ1v) is 9.33. The first kappa shape index (κ1) is 17.8. The van der Waals surface area contributed by atoms with Crippen LogP contribution in [0.15, 0.2) is 21.5 Å². The van der Waals surface area contributed by atoms with Gasteiger partial charge in [-0.05, 0) is 40.4 Å². The van der Waals surface area contributed by atoms with E-state index in [1.807, 2.05) is 13.8 Å². The summed E-state index contributed by atoms with van der Waals surface area (Å²) in [4.78, 5) is 11.8. The average molecular weight is 403 g/mol. The van der Waals surface area contributed by atoms with E-state index in [1.165, 1.54) is 12.1 Å². The summed E-state index contributed by atoms with van der Waals surface area (Å²) in [6.45, 7) is 4.56. The second kappa shape index (κ2) is 7.11. The molecule has 0 saturated carbocycles. The summed E-state index contributed by atoms with van der Waals surface area (Å²) in [6, 6.07) is 2.43. The number of hydrogen-bond acceptors (Lipinski definition) is 3. The Morgan fingerprint density at radius 2 is 2.00 bits per heavy atom. The fraction of sp³-hybridized carbons (Fsp3) is 0.417. The molecule has 1 rings (SSSR count). The highest BCUT2D eigenvalue weighted by Gasteiger charge is 2.19. The highest BCUT2D eigenvalue weighted by molar-refractivity contribution is 9.10. The summed E-state index contributed by atoms with van der Waals surface area (Å²) >= 11 is 9.12. The maximum absolute atomic E-state index is 12.0. The fourth-order valence-electron chi connectivity index (χ4n) is 1.44. The lowest BCUT2D eigenvalue weighted by molar-refractivity contribution is 0.0952. The van der Waals surface area contributed by atoms with Crippen molar-refractivity contribution in [1.82, 2.24) is 5.32 Å². The van der Waals surface area contributed by atoms with Gasteiger partial charge in [0.05, 0.1) is 15.5 Å². The molecule has 8 heteroatoms. The second-order valence-electron chi connectivity index (χ2n) is 4.64. The number of halogens is 3. The Balaban J connectivity index is 3.05. The third kappa shape index (κ3) is 4.91. The van der Waals surface area contributed by atoms with Crippen molar-refractivity contribution in [3.63, 3.8) is 0 Å². The van der Waals surface area contributed by atoms with Crippen LogP contribution in [0.5, 0.6) is 0 Å². The van der Waals surface area contributed by atoms with Gasteiger partial charge in [-0.15, -0.1) is 0 Å². The molecule has 0 aliphatic heterocycles. The topological polar surface area (TPSA) is 63.2 Å². The van der Waals surface area contributed by atoms with E-state index in [4.69, 9.17) is 22.3 Å². The van der Waals surface area contributed by atoms with Crippen LogP contribution in [0.25, 0.3) is 0 Å². The Labute approximate surface area is 136 Å². The molecule has 1 N–H and O–H groups in total. The molecule has 1 amide bonds. The van der Waals surface area contributed by atoms with Crippen molar-refractivity contribution in [3.05, 3.63) is 27.2 Å². The molecule has 0 radical (unpaired) electrons. The molecular weight excluding hydrogens is 389 g/mol. The third-order valence-corrected chi connectivity index (χ3v) is 5.13. The van der Waals surface area contributed by atoms with E-state index in [0.29, 0.717) is 16.9 Å². The van der Waals surface area contributed by atoms with E-state index >= 15 is 0 Å². The Hall–Kier alpha value is -0.300. The van der Waals surface area contributed by atoms with Crippen molar-refractivity contribution in [2.75, 3.05) is 6.54 Å². The van der Waals surface area contributed by atoms with Gasteiger partial charge in [-0.2, -0.15) is 0 Å². The lowest BCUT2D eigenvalue weighted by Gasteiger charge is -2.10. The van der Waals surface area contributed by atoms with Gasteiger partial charge in [-0.3, -0.25) is 4.79 Å². The largest absolute Gasteiger partial charge is 0.352 e. The number of carbonyl (C=O) groups excluding carboxylic acids is 1. The zero-order valence-corrected chi connectivity index (χ0v) is 14.8. The second-order valence-corrected chi connectivity index (χ2v) is 8.44. The SMILES string of the molecule is CC(C)CCNC(=O)c1cc(S(=O)(=O)Cl)cc(Br)c1Cl. The van der Waals surface area contributed by atoms with Crippen LogP contribution in [0.2, 0.25) is 5.02 Å². The van der Waals surface area contributed by atoms with Gasteiger partial charge in [-0.25, -0.2) is 8.42 Å². The molecule has 0 fully saturated rings. The van der Waals surface area contributed by atoms with Crippen LogP contribution in [0, 0.1) is 5.92 Å². The van der Waals surface area contributed by atoms with Crippen molar-refractivity contribution in [3.8, 4) is 0 Å². The lowest BCUT2D eigenvalue weighted by atomic mass is 10.1. The molecule has 4 nitrogen and oxygen atoms in total. The molecule has 0 spiro atoms. The minimum absolute atomic E-state index is 0.0732. The van der Waals surface area contributed by atoms with Crippen LogP contribution < -0.4 is 5.32 Å². The number of benzene rings is 1. The summed E-state index contributed by atoms with van der Waals surface area (Å²) in [6.07, 6.45) is 0.817. The molecule has 20 heavy (non-hydrogen) atoms. The highest BCUT2D eigenvalue weighted by Crippen LogP contribution is 2.31. The van der Waals surface area contributed by atoms with Crippen LogP contribution in [-0.2, 0) is 9.05 Å². The lowest BCUT2D eigenvalue weighted by Crippen LogP contribution is -2.25. The zero-order valence-electron chi connectivity index (χ0n) is 10.9. The molecule has 1 aromatic rings. The Kier molecular flexibility index (Phi) is 6.31. The quantitative estimate of drug-likeness (QED) is 0.761. The monoisotopic (exact) mass is 401 g/mol. The molecule has 0 heterocycles. The van der Waals surface area contributed by atoms with E-state index in [2.05, 4.69) is 21.2 Å². The van der Waals surface area contributed by atoms with E-state index in [1.54, 1.807) is 0 Å². The molecule has 0 aliphatic rings. The van der Waals surface area contributed by atoms with Gasteiger partial charge in [0.2, 0.25) is 0 Å². The molecular formula is C12H14BrCl2NO3S. The summed E-state index contributed by atoms with van der Waals surface area (Å²) in [5, 5.41) is 2.84. The van der Waals surface area contributed by atoms with Crippen molar-refractivity contribution in [2.45, 2.75) is 25.2 Å². The molecule has 112 valence electrons. The number of hydrogen-bond donors (Lipinski definition) is 1. The van der Waals surface area contributed by atoms with Gasteiger partial charge in [0.15, 0.2) is 0 Å². The van der Waals surface area contributed by atoms with E-state index < -0.39 is 15.0 Å². The van der Waals surface area contributed by atoms with Gasteiger partial charge in [0, 0.05) is 21.7 Å². The summed E-state index contributed by atoms with van der Waals surface area (Å²) in [7, 11) is 1.35. The van der Waals surface area contributed by atoms with Gasteiger partial charge in [0.25, 0.3) is 15.0 Å². The first-order chi connectivity index (χ1) is 9.12. The minimum Gasteiger partial charge on any atom is -0.352 e. The molecule has 0 atom stereocenters. The summed E-state index contributed by atoms with van der Waals surface area (Å²) in [5.41, 5.74) is 0.0732. The molecule has 0 bridgehead atoms. The van der Waals surface area contributed by atoms with Crippen LogP contribution in [0.3, 0.4) is 0 Å². The summed E-state index contributed by atoms with van der Waals surface area (Å²) in [5.74, 6) is 0.0191. The molecule has 0 unspecified atom stereocenters. The van der Waals surface area contributed by atoms with Gasteiger partial charge >= 0.3 is 0 Å². The van der Waals surface area contributed by atoms with Crippen LogP contribution in [-0.4, -0.2) is 20.9 Å². The van der Waals surface area contributed by atoms with Crippen molar-refractivity contribution < 1.29 is 13.2 Å². The maximum Gasteiger partial charge on any atom is 0.261 e. The zero-order chi connectivity index (χ0) is 15.5. The number of carbonyl (C=O) groups is 1. The highest BCUT2D eigenvalue weighted by atomic mass is 79.9. The average Bonchev–Trinajstić information content (AvgIpc) is 2.30. The van der Waals surface area contributed by atoms with Gasteiger partial charge < -0.3 is 5.32 Å². The number of rotatable bonds is 5. The predicted octanol–water partition coefficient (Wildman–Crippen LogP) is 3.81. The van der Waals surface area contributed by atoms with Crippen LogP contribution in [0.1, 0.15) is 30.6 Å². The Morgan fingerprint density at radius 1 is 1.40 bits per heavy atom. The van der Waals surface area contributed by atoms with Crippen LogP contribution >= 0.6 is 38.2 Å². The first-order valence-electron chi connectivity index (χ1n) is 5.85. The smallest absolute Gasteiger partial charge is 0.261 e. The van der Waals surface area contributed by atoms with E-state index in [-0.39, 0.29) is 15.5 Å². The predicted molar refractivity (Wildman–Crippen MR) is 84.0 cm³/mol. The van der Waals surface area contributed by atoms with E-state index in [0.717, 1.165) is 6.42 Å². The Bertz CT molecular complexity index is 617. The molecule has 0 aliphatic carbocycles.